The summed E-state index contributed by atoms with van der Waals surface area (Å²) in [6.45, 7) is 5.80. The van der Waals surface area contributed by atoms with Crippen molar-refractivity contribution in [1.82, 2.24) is 14.8 Å². The predicted molar refractivity (Wildman–Crippen MR) is 111 cm³/mol. The molecule has 0 bridgehead atoms. The third-order valence-electron chi connectivity index (χ3n) is 4.40. The summed E-state index contributed by atoms with van der Waals surface area (Å²) in [6.07, 6.45) is 7.36. The Labute approximate surface area is 166 Å². The molecule has 0 unspecified atom stereocenters. The summed E-state index contributed by atoms with van der Waals surface area (Å²) in [7, 11) is 0. The smallest absolute Gasteiger partial charge is 0.247 e. The Morgan fingerprint density at radius 2 is 2.04 bits per heavy atom. The minimum absolute atomic E-state index is 0.0704. The third-order valence-corrected chi connectivity index (χ3v) is 4.40. The van der Waals surface area contributed by atoms with Gasteiger partial charge < -0.3 is 14.8 Å². The van der Waals surface area contributed by atoms with Crippen molar-refractivity contribution >= 4 is 28.8 Å². The van der Waals surface area contributed by atoms with Gasteiger partial charge in [0.25, 0.3) is 0 Å². The molecule has 6 nitrogen and oxygen atoms in total. The lowest BCUT2D eigenvalue weighted by Crippen LogP contribution is -2.40. The third kappa shape index (κ3) is 5.71. The van der Waals surface area contributed by atoms with E-state index in [2.05, 4.69) is 11.4 Å². The number of nitriles is 1. The van der Waals surface area contributed by atoms with Crippen LogP contribution in [0.4, 0.5) is 0 Å². The number of aromatic nitrogens is 1. The van der Waals surface area contributed by atoms with Crippen LogP contribution in [0.15, 0.2) is 36.5 Å². The number of carbonyl (C=O) groups excluding carboxylic acids is 2. The van der Waals surface area contributed by atoms with Crippen LogP contribution in [0.3, 0.4) is 0 Å². The number of amides is 2. The quantitative estimate of drug-likeness (QED) is 0.642. The van der Waals surface area contributed by atoms with E-state index < -0.39 is 0 Å². The molecule has 0 fully saturated rings. The highest BCUT2D eigenvalue weighted by molar-refractivity contribution is 5.97. The number of rotatable bonds is 10. The second-order valence-corrected chi connectivity index (χ2v) is 6.65. The van der Waals surface area contributed by atoms with Crippen molar-refractivity contribution in [3.63, 3.8) is 0 Å². The molecule has 0 spiro atoms. The largest absolute Gasteiger partial charge is 0.355 e. The van der Waals surface area contributed by atoms with Crippen molar-refractivity contribution < 1.29 is 9.59 Å². The van der Waals surface area contributed by atoms with Crippen molar-refractivity contribution in [2.24, 2.45) is 0 Å². The Morgan fingerprint density at radius 3 is 2.75 bits per heavy atom. The molecule has 2 rings (SSSR count). The maximum Gasteiger partial charge on any atom is 0.247 e. The molecule has 148 valence electrons. The molecular formula is C22H28N4O2. The molecule has 1 N–H and O–H groups in total. The van der Waals surface area contributed by atoms with Gasteiger partial charge in [-0.05, 0) is 25.0 Å². The van der Waals surface area contributed by atoms with Crippen molar-refractivity contribution in [2.45, 2.75) is 39.7 Å². The molecule has 0 radical (unpaired) electrons. The molecule has 6 heteroatoms. The first kappa shape index (κ1) is 21.2. The van der Waals surface area contributed by atoms with Gasteiger partial charge in [-0.15, -0.1) is 0 Å². The molecule has 0 atom stereocenters. The molecule has 2 amide bonds. The highest BCUT2D eigenvalue weighted by Gasteiger charge is 2.14. The molecule has 0 aliphatic carbocycles. The van der Waals surface area contributed by atoms with E-state index in [9.17, 15) is 9.59 Å². The number of fused-ring (bicyclic) bond motifs is 1. The number of hydrogen-bond donors (Lipinski definition) is 1. The van der Waals surface area contributed by atoms with Gasteiger partial charge in [0.15, 0.2) is 0 Å². The Kier molecular flexibility index (Phi) is 8.29. The minimum atomic E-state index is -0.178. The fraction of sp³-hybridized carbons (Fsp3) is 0.409. The highest BCUT2D eigenvalue weighted by atomic mass is 16.2. The van der Waals surface area contributed by atoms with Crippen LogP contribution in [0.2, 0.25) is 0 Å². The first-order valence-corrected chi connectivity index (χ1v) is 9.79. The van der Waals surface area contributed by atoms with E-state index in [1.54, 1.807) is 11.0 Å². The van der Waals surface area contributed by atoms with Crippen molar-refractivity contribution in [3.05, 3.63) is 42.1 Å². The van der Waals surface area contributed by atoms with Crippen LogP contribution >= 0.6 is 0 Å². The average molecular weight is 380 g/mol. The topological polar surface area (TPSA) is 78.1 Å². The van der Waals surface area contributed by atoms with E-state index >= 15 is 0 Å². The number of nitrogens with one attached hydrogen (secondary N) is 1. The Hall–Kier alpha value is -3.07. The van der Waals surface area contributed by atoms with Crippen molar-refractivity contribution in [3.8, 4) is 6.07 Å². The number of carbonyl (C=O) groups is 2. The van der Waals surface area contributed by atoms with Gasteiger partial charge in [0.2, 0.25) is 11.8 Å². The summed E-state index contributed by atoms with van der Waals surface area (Å²) in [5, 5.41) is 12.7. The molecule has 0 aliphatic heterocycles. The molecule has 1 aromatic carbocycles. The maximum atomic E-state index is 12.6. The first-order chi connectivity index (χ1) is 13.6. The van der Waals surface area contributed by atoms with Gasteiger partial charge in [0.05, 0.1) is 19.0 Å². The SMILES string of the molecule is CCCNC(=O)CN(CCC)C(=O)/C=C/c1cn(CCC#N)c2ccccc12. The Bertz CT molecular complexity index is 876. The first-order valence-electron chi connectivity index (χ1n) is 9.79. The number of aryl methyl sites for hydroxylation is 1. The van der Waals surface area contributed by atoms with Crippen LogP contribution < -0.4 is 5.32 Å². The van der Waals surface area contributed by atoms with Crippen LogP contribution in [0.1, 0.15) is 38.7 Å². The summed E-state index contributed by atoms with van der Waals surface area (Å²) < 4.78 is 2.03. The maximum absolute atomic E-state index is 12.6. The Morgan fingerprint density at radius 1 is 1.25 bits per heavy atom. The van der Waals surface area contributed by atoms with Gasteiger partial charge in [-0.1, -0.05) is 32.0 Å². The number of nitrogens with zero attached hydrogens (tertiary/aromatic N) is 3. The molecule has 28 heavy (non-hydrogen) atoms. The fourth-order valence-corrected chi connectivity index (χ4v) is 3.06. The molecule has 1 heterocycles. The van der Waals surface area contributed by atoms with Crippen molar-refractivity contribution in [2.75, 3.05) is 19.6 Å². The molecule has 0 saturated carbocycles. The molecule has 1 aromatic heterocycles. The summed E-state index contributed by atoms with van der Waals surface area (Å²) in [5.41, 5.74) is 1.96. The fourth-order valence-electron chi connectivity index (χ4n) is 3.06. The second-order valence-electron chi connectivity index (χ2n) is 6.65. The molecular weight excluding hydrogens is 352 g/mol. The monoisotopic (exact) mass is 380 g/mol. The zero-order valence-electron chi connectivity index (χ0n) is 16.6. The molecule has 2 aromatic rings. The lowest BCUT2D eigenvalue weighted by atomic mass is 10.1. The molecule has 0 saturated heterocycles. The van der Waals surface area contributed by atoms with Crippen LogP contribution in [0.5, 0.6) is 0 Å². The van der Waals surface area contributed by atoms with Crippen LogP contribution in [-0.2, 0) is 16.1 Å². The second kappa shape index (κ2) is 10.9. The van der Waals surface area contributed by atoms with E-state index in [4.69, 9.17) is 5.26 Å². The summed E-state index contributed by atoms with van der Waals surface area (Å²) in [5.74, 6) is -0.312. The van der Waals surface area contributed by atoms with E-state index in [-0.39, 0.29) is 18.4 Å². The van der Waals surface area contributed by atoms with Gasteiger partial charge >= 0.3 is 0 Å². The van der Waals surface area contributed by atoms with E-state index in [1.165, 1.54) is 6.08 Å². The zero-order chi connectivity index (χ0) is 20.4. The summed E-state index contributed by atoms with van der Waals surface area (Å²) >= 11 is 0. The van der Waals surface area contributed by atoms with Crippen LogP contribution in [0.25, 0.3) is 17.0 Å². The summed E-state index contributed by atoms with van der Waals surface area (Å²) in [4.78, 5) is 26.2. The normalized spacial score (nSPS) is 10.9. The van der Waals surface area contributed by atoms with E-state index in [0.717, 1.165) is 29.3 Å². The van der Waals surface area contributed by atoms with Crippen LogP contribution in [-0.4, -0.2) is 40.9 Å². The number of hydrogen-bond acceptors (Lipinski definition) is 3. The number of benzene rings is 1. The number of para-hydroxylation sites is 1. The average Bonchev–Trinajstić information content (AvgIpc) is 3.06. The van der Waals surface area contributed by atoms with Crippen LogP contribution in [0, 0.1) is 11.3 Å². The molecule has 0 aliphatic rings. The van der Waals surface area contributed by atoms with Crippen molar-refractivity contribution in [1.29, 1.82) is 5.26 Å². The van der Waals surface area contributed by atoms with Gasteiger partial charge in [-0.2, -0.15) is 5.26 Å². The van der Waals surface area contributed by atoms with Gasteiger partial charge in [0.1, 0.15) is 0 Å². The lowest BCUT2D eigenvalue weighted by molar-refractivity contribution is -0.132. The standard InChI is InChI=1S/C22H28N4O2/c1-3-13-24-21(27)17-26(14-4-2)22(28)11-10-18-16-25(15-7-12-23)20-9-6-5-8-19(18)20/h5-6,8-11,16H,3-4,7,13-15,17H2,1-2H3,(H,24,27)/b11-10+. The Balaban J connectivity index is 2.17. The van der Waals surface area contributed by atoms with Gasteiger partial charge in [-0.25, -0.2) is 0 Å². The summed E-state index contributed by atoms with van der Waals surface area (Å²) in [6, 6.07) is 10.1. The predicted octanol–water partition coefficient (Wildman–Crippen LogP) is 3.33. The lowest BCUT2D eigenvalue weighted by Gasteiger charge is -2.19. The van der Waals surface area contributed by atoms with Gasteiger partial charge in [0, 0.05) is 48.4 Å². The minimum Gasteiger partial charge on any atom is -0.355 e. The highest BCUT2D eigenvalue weighted by Crippen LogP contribution is 2.23. The van der Waals surface area contributed by atoms with Gasteiger partial charge in [-0.3, -0.25) is 9.59 Å². The van der Waals surface area contributed by atoms with E-state index in [1.807, 2.05) is 48.9 Å². The zero-order valence-corrected chi connectivity index (χ0v) is 16.6. The van der Waals surface area contributed by atoms with E-state index in [0.29, 0.717) is 26.1 Å².